The quantitative estimate of drug-likeness (QED) is 0.0836. The van der Waals surface area contributed by atoms with Gasteiger partial charge in [-0.05, 0) is 87.8 Å². The van der Waals surface area contributed by atoms with E-state index in [1.165, 1.54) is 16.7 Å². The number of amides is 2. The lowest BCUT2D eigenvalue weighted by Crippen LogP contribution is -2.55. The Labute approximate surface area is 362 Å². The molecule has 5 N–H and O–H groups in total. The number of nitrogens with zero attached hydrogens (tertiary/aromatic N) is 5. The molecule has 0 saturated carbocycles. The Morgan fingerprint density at radius 3 is 1.84 bits per heavy atom. The molecule has 7 aromatic rings. The maximum atomic E-state index is 13.2. The number of carbonyl (C=O) groups excluding carboxylic acids is 2. The van der Waals surface area contributed by atoms with Gasteiger partial charge in [0.2, 0.25) is 5.88 Å². The lowest BCUT2D eigenvalue weighted by molar-refractivity contribution is -0.00219. The van der Waals surface area contributed by atoms with E-state index in [0.717, 1.165) is 29.9 Å². The number of ether oxygens (including phenoxy) is 1. The van der Waals surface area contributed by atoms with Crippen molar-refractivity contribution in [2.75, 3.05) is 29.0 Å². The van der Waals surface area contributed by atoms with Crippen LogP contribution in [0.4, 0.5) is 17.3 Å². The van der Waals surface area contributed by atoms with Crippen molar-refractivity contribution < 1.29 is 14.3 Å². The summed E-state index contributed by atoms with van der Waals surface area (Å²) in [6.45, 7) is 9.16. The van der Waals surface area contributed by atoms with Gasteiger partial charge in [0.15, 0.2) is 0 Å². The number of hydrogen-bond acceptors (Lipinski definition) is 10. The van der Waals surface area contributed by atoms with E-state index >= 15 is 0 Å². The van der Waals surface area contributed by atoms with E-state index in [0.29, 0.717) is 41.7 Å². The Hall–Kier alpha value is -7.44. The average molecular weight is 826 g/mol. The molecule has 2 amide bonds. The van der Waals surface area contributed by atoms with Gasteiger partial charge in [-0.15, -0.1) is 0 Å². The van der Waals surface area contributed by atoms with Crippen LogP contribution in [0.3, 0.4) is 0 Å². The van der Waals surface area contributed by atoms with Crippen LogP contribution in [0.2, 0.25) is 0 Å². The monoisotopic (exact) mass is 825 g/mol. The van der Waals surface area contributed by atoms with Gasteiger partial charge >= 0.3 is 0 Å². The Bertz CT molecular complexity index is 2490. The first kappa shape index (κ1) is 42.7. The van der Waals surface area contributed by atoms with E-state index in [2.05, 4.69) is 122 Å². The lowest BCUT2D eigenvalue weighted by atomic mass is 9.87. The van der Waals surface area contributed by atoms with Crippen LogP contribution in [0.15, 0.2) is 164 Å². The molecule has 1 fully saturated rings. The van der Waals surface area contributed by atoms with E-state index in [1.54, 1.807) is 55.2 Å². The smallest absolute Gasteiger partial charge is 0.259 e. The highest BCUT2D eigenvalue weighted by molar-refractivity contribution is 6.07. The number of nitrogens with one attached hydrogen (secondary N) is 3. The first-order valence-electron chi connectivity index (χ1n) is 20.5. The molecular weight excluding hydrogens is 775 g/mol. The summed E-state index contributed by atoms with van der Waals surface area (Å²) in [5.74, 6) is 0.898. The van der Waals surface area contributed by atoms with Crippen LogP contribution >= 0.6 is 0 Å². The van der Waals surface area contributed by atoms with Gasteiger partial charge in [-0.25, -0.2) is 15.0 Å². The van der Waals surface area contributed by atoms with Crippen LogP contribution in [0.5, 0.6) is 5.88 Å². The minimum absolute atomic E-state index is 0.0485. The summed E-state index contributed by atoms with van der Waals surface area (Å²) in [5.41, 5.74) is 12.7. The summed E-state index contributed by atoms with van der Waals surface area (Å²) in [6, 6.07) is 43.9. The molecular formula is C50H51N9O3. The Morgan fingerprint density at radius 2 is 1.24 bits per heavy atom. The lowest BCUT2D eigenvalue weighted by Gasteiger charge is -2.44. The second-order valence-corrected chi connectivity index (χ2v) is 15.9. The van der Waals surface area contributed by atoms with E-state index in [1.807, 2.05) is 48.5 Å². The predicted molar refractivity (Wildman–Crippen MR) is 244 cm³/mol. The summed E-state index contributed by atoms with van der Waals surface area (Å²) in [7, 11) is 0. The zero-order valence-corrected chi connectivity index (χ0v) is 35.1. The molecule has 3 aromatic carbocycles. The summed E-state index contributed by atoms with van der Waals surface area (Å²) < 4.78 is 6.29. The van der Waals surface area contributed by atoms with Gasteiger partial charge in [0.1, 0.15) is 17.7 Å². The fourth-order valence-electron chi connectivity index (χ4n) is 7.03. The third kappa shape index (κ3) is 11.4. The third-order valence-electron chi connectivity index (χ3n) is 10.4. The summed E-state index contributed by atoms with van der Waals surface area (Å²) in [4.78, 5) is 43.7. The molecule has 1 aliphatic heterocycles. The molecule has 0 spiro atoms. The fourth-order valence-corrected chi connectivity index (χ4v) is 7.03. The van der Waals surface area contributed by atoms with Crippen molar-refractivity contribution >= 4 is 29.1 Å². The normalized spacial score (nSPS) is 12.6. The topological polar surface area (TPSA) is 160 Å². The van der Waals surface area contributed by atoms with Crippen LogP contribution in [0.25, 0.3) is 0 Å². The summed E-state index contributed by atoms with van der Waals surface area (Å²) in [6.07, 6.45) is 8.53. The molecule has 1 saturated heterocycles. The van der Waals surface area contributed by atoms with Gasteiger partial charge in [-0.2, -0.15) is 0 Å². The number of anilines is 3. The largest absolute Gasteiger partial charge is 0.472 e. The standard InChI is InChI=1S/C38H39N5O2.C12H12N4O/c1-38(2,3)30-16-18-31(19-17-30)42-37(44)33-15-10-21-40-36(33)41-24-27-20-22-39-34(23-27)45-32-25-43(26-32)35(28-11-6-4-7-12-28)29-13-8-5-9-14-29;13-11(17)10-2-1-5-15-12(10)16-8-9-3-6-14-7-4-9/h4-23,32,35H,24-26H2,1-3H3,(H,40,41)(H,42,44);1-7H,8H2,(H2,13,17)(H,15,16). The van der Waals surface area contributed by atoms with Crippen LogP contribution in [-0.2, 0) is 18.5 Å². The first-order valence-corrected chi connectivity index (χ1v) is 20.5. The van der Waals surface area contributed by atoms with Gasteiger partial charge in [0, 0.05) is 68.9 Å². The Kier molecular flexibility index (Phi) is 13.9. The molecule has 8 rings (SSSR count). The number of primary amides is 1. The molecule has 12 heteroatoms. The van der Waals surface area contributed by atoms with Crippen LogP contribution in [-0.4, -0.2) is 55.8 Å². The van der Waals surface area contributed by atoms with Crippen molar-refractivity contribution in [1.29, 1.82) is 0 Å². The van der Waals surface area contributed by atoms with E-state index in [4.69, 9.17) is 10.5 Å². The van der Waals surface area contributed by atoms with Crippen molar-refractivity contribution in [1.82, 2.24) is 24.8 Å². The van der Waals surface area contributed by atoms with E-state index in [-0.39, 0.29) is 23.5 Å². The molecule has 0 unspecified atom stereocenters. The summed E-state index contributed by atoms with van der Waals surface area (Å²) in [5, 5.41) is 9.40. The molecule has 0 bridgehead atoms. The second kappa shape index (κ2) is 20.2. The number of nitrogens with two attached hydrogens (primary N) is 1. The number of likely N-dealkylation sites (tertiary alicyclic amines) is 1. The minimum Gasteiger partial charge on any atom is -0.472 e. The molecule has 4 aromatic heterocycles. The molecule has 0 aliphatic carbocycles. The van der Waals surface area contributed by atoms with Gasteiger partial charge < -0.3 is 26.4 Å². The van der Waals surface area contributed by atoms with Crippen LogP contribution in [0, 0.1) is 0 Å². The maximum absolute atomic E-state index is 13.2. The van der Waals surface area contributed by atoms with Crippen LogP contribution in [0.1, 0.15) is 75.3 Å². The highest BCUT2D eigenvalue weighted by Gasteiger charge is 2.35. The number of pyridine rings is 4. The number of aromatic nitrogens is 4. The molecule has 0 atom stereocenters. The fraction of sp³-hybridized carbons (Fsp3) is 0.200. The van der Waals surface area contributed by atoms with E-state index < -0.39 is 5.91 Å². The maximum Gasteiger partial charge on any atom is 0.259 e. The van der Waals surface area contributed by atoms with Crippen molar-refractivity contribution in [3.63, 3.8) is 0 Å². The van der Waals surface area contributed by atoms with Gasteiger partial charge in [0.25, 0.3) is 11.8 Å². The molecule has 314 valence electrons. The van der Waals surface area contributed by atoms with Crippen molar-refractivity contribution in [3.05, 3.63) is 203 Å². The summed E-state index contributed by atoms with van der Waals surface area (Å²) >= 11 is 0. The number of carbonyl (C=O) groups is 2. The van der Waals surface area contributed by atoms with Crippen molar-refractivity contribution in [3.8, 4) is 5.88 Å². The second-order valence-electron chi connectivity index (χ2n) is 15.9. The number of benzene rings is 3. The van der Waals surface area contributed by atoms with Gasteiger partial charge in [0.05, 0.1) is 17.2 Å². The molecule has 5 heterocycles. The van der Waals surface area contributed by atoms with Crippen LogP contribution < -0.4 is 26.4 Å². The average Bonchev–Trinajstić information content (AvgIpc) is 3.28. The predicted octanol–water partition coefficient (Wildman–Crippen LogP) is 8.68. The molecule has 12 nitrogen and oxygen atoms in total. The molecule has 1 aliphatic rings. The van der Waals surface area contributed by atoms with Gasteiger partial charge in [-0.1, -0.05) is 93.6 Å². The van der Waals surface area contributed by atoms with Crippen molar-refractivity contribution in [2.24, 2.45) is 5.73 Å². The highest BCUT2D eigenvalue weighted by atomic mass is 16.5. The van der Waals surface area contributed by atoms with E-state index in [9.17, 15) is 9.59 Å². The van der Waals surface area contributed by atoms with Crippen molar-refractivity contribution in [2.45, 2.75) is 51.4 Å². The SMILES string of the molecule is CC(C)(C)c1ccc(NC(=O)c2cccnc2NCc2ccnc(OC3CN(C(c4ccccc4)c4ccccc4)C3)c2)cc1.NC(=O)c1cccnc1NCc1ccncc1. The number of rotatable bonds is 14. The molecule has 62 heavy (non-hydrogen) atoms. The zero-order chi connectivity index (χ0) is 43.3. The van der Waals surface area contributed by atoms with Gasteiger partial charge in [-0.3, -0.25) is 19.5 Å². The highest BCUT2D eigenvalue weighted by Crippen LogP contribution is 2.33. The first-order chi connectivity index (χ1) is 30.1. The minimum atomic E-state index is -0.490. The Balaban J connectivity index is 0.000000284. The number of hydrogen-bond donors (Lipinski definition) is 4. The Morgan fingerprint density at radius 1 is 0.677 bits per heavy atom. The zero-order valence-electron chi connectivity index (χ0n) is 35.1. The third-order valence-corrected chi connectivity index (χ3v) is 10.4. The molecule has 0 radical (unpaired) electrons.